The first-order valence-corrected chi connectivity index (χ1v) is 5.64. The highest BCUT2D eigenvalue weighted by atomic mass is 19.1. The molecule has 0 radical (unpaired) electrons. The first-order chi connectivity index (χ1) is 8.90. The van der Waals surface area contributed by atoms with E-state index in [9.17, 15) is 9.18 Å². The zero-order valence-corrected chi connectivity index (χ0v) is 10.9. The van der Waals surface area contributed by atoms with Gasteiger partial charge in [0.25, 0.3) is 0 Å². The van der Waals surface area contributed by atoms with Gasteiger partial charge in [-0.2, -0.15) is 5.10 Å². The first-order valence-electron chi connectivity index (χ1n) is 5.64. The van der Waals surface area contributed by atoms with Crippen LogP contribution in [0.2, 0.25) is 0 Å². The molecule has 0 fully saturated rings. The molecule has 1 N–H and O–H groups in total. The van der Waals surface area contributed by atoms with Crippen LogP contribution in [0.15, 0.2) is 24.3 Å². The zero-order chi connectivity index (χ0) is 14.2. The van der Waals surface area contributed by atoms with Gasteiger partial charge in [-0.15, -0.1) is 0 Å². The summed E-state index contributed by atoms with van der Waals surface area (Å²) in [5.74, 6) is -1.41. The van der Waals surface area contributed by atoms with Gasteiger partial charge in [0.15, 0.2) is 5.69 Å². The van der Waals surface area contributed by atoms with Gasteiger partial charge in [0.1, 0.15) is 5.82 Å². The number of carboxylic acids is 1. The molecule has 1 heterocycles. The number of halogens is 1. The molecule has 0 aliphatic carbocycles. The quantitative estimate of drug-likeness (QED) is 0.920. The number of aromatic nitrogens is 2. The van der Waals surface area contributed by atoms with Crippen LogP contribution in [-0.2, 0) is 7.05 Å². The van der Waals surface area contributed by atoms with Gasteiger partial charge in [0.2, 0.25) is 0 Å². The fraction of sp³-hybridized carbons (Fsp3) is 0.231. The number of hydrogen-bond acceptors (Lipinski definition) is 3. The fourth-order valence-electron chi connectivity index (χ4n) is 1.86. The summed E-state index contributed by atoms with van der Waals surface area (Å²) in [7, 11) is 5.14. The van der Waals surface area contributed by atoms with Crippen molar-refractivity contribution in [2.45, 2.75) is 0 Å². The molecule has 2 rings (SSSR count). The molecule has 0 spiro atoms. The number of hydrogen-bond donors (Lipinski definition) is 1. The molecule has 2 aromatic rings. The summed E-state index contributed by atoms with van der Waals surface area (Å²) in [4.78, 5) is 12.5. The molecular formula is C13H14FN3O2. The zero-order valence-electron chi connectivity index (χ0n) is 10.9. The van der Waals surface area contributed by atoms with Crippen LogP contribution in [0, 0.1) is 5.82 Å². The maximum Gasteiger partial charge on any atom is 0.356 e. The largest absolute Gasteiger partial charge is 0.476 e. The Morgan fingerprint density at radius 2 is 2.05 bits per heavy atom. The Balaban J connectivity index is 2.53. The number of carbonyl (C=O) groups is 1. The number of benzene rings is 1. The summed E-state index contributed by atoms with van der Waals surface area (Å²) in [5, 5.41) is 12.8. The Bertz CT molecular complexity index is 635. The Morgan fingerprint density at radius 3 is 2.58 bits per heavy atom. The van der Waals surface area contributed by atoms with E-state index in [1.165, 1.54) is 16.8 Å². The molecule has 6 heteroatoms. The van der Waals surface area contributed by atoms with Crippen molar-refractivity contribution in [3.05, 3.63) is 35.8 Å². The number of aromatic carboxylic acids is 1. The predicted octanol–water partition coefficient (Wildman–Crippen LogP) is 1.99. The highest BCUT2D eigenvalue weighted by Crippen LogP contribution is 2.26. The van der Waals surface area contributed by atoms with Crippen LogP contribution in [-0.4, -0.2) is 35.0 Å². The van der Waals surface area contributed by atoms with E-state index in [1.807, 2.05) is 0 Å². The predicted molar refractivity (Wildman–Crippen MR) is 69.9 cm³/mol. The fourth-order valence-corrected chi connectivity index (χ4v) is 1.86. The lowest BCUT2D eigenvalue weighted by Gasteiger charge is -2.14. The van der Waals surface area contributed by atoms with Gasteiger partial charge in [0, 0.05) is 26.7 Å². The second-order valence-corrected chi connectivity index (χ2v) is 4.40. The molecule has 0 aliphatic heterocycles. The van der Waals surface area contributed by atoms with Crippen molar-refractivity contribution in [1.82, 2.24) is 9.78 Å². The van der Waals surface area contributed by atoms with Crippen LogP contribution in [0.25, 0.3) is 11.3 Å². The van der Waals surface area contributed by atoms with Crippen molar-refractivity contribution < 1.29 is 14.3 Å². The molecule has 0 aliphatic rings. The van der Waals surface area contributed by atoms with Gasteiger partial charge in [-0.3, -0.25) is 4.68 Å². The van der Waals surface area contributed by atoms with Crippen molar-refractivity contribution in [3.8, 4) is 11.3 Å². The van der Waals surface area contributed by atoms with E-state index in [-0.39, 0.29) is 11.5 Å². The standard InChI is InChI=1S/C13H14FN3O2/c1-16(2)12-6-8(4-5-9(12)14)11-7-10(13(18)19)15-17(11)3/h4-7H,1-3H3,(H,18,19). The maximum atomic E-state index is 13.6. The summed E-state index contributed by atoms with van der Waals surface area (Å²) in [6, 6.07) is 6.09. The van der Waals surface area contributed by atoms with Gasteiger partial charge in [-0.1, -0.05) is 0 Å². The minimum Gasteiger partial charge on any atom is -0.476 e. The van der Waals surface area contributed by atoms with E-state index in [1.54, 1.807) is 38.2 Å². The minimum absolute atomic E-state index is 0.0340. The number of aryl methyl sites for hydroxylation is 1. The van der Waals surface area contributed by atoms with Crippen LogP contribution in [0.5, 0.6) is 0 Å². The Kier molecular flexibility index (Phi) is 3.25. The van der Waals surface area contributed by atoms with Crippen molar-refractivity contribution in [2.24, 2.45) is 7.05 Å². The summed E-state index contributed by atoms with van der Waals surface area (Å²) in [6.07, 6.45) is 0. The topological polar surface area (TPSA) is 58.4 Å². The molecule has 0 saturated heterocycles. The maximum absolute atomic E-state index is 13.6. The number of rotatable bonds is 3. The Hall–Kier alpha value is -2.37. The average Bonchev–Trinajstić information content (AvgIpc) is 2.72. The lowest BCUT2D eigenvalue weighted by atomic mass is 10.1. The lowest BCUT2D eigenvalue weighted by molar-refractivity contribution is 0.0689. The van der Waals surface area contributed by atoms with Crippen molar-refractivity contribution in [1.29, 1.82) is 0 Å². The Morgan fingerprint density at radius 1 is 1.37 bits per heavy atom. The molecule has 100 valence electrons. The number of carboxylic acid groups (broad SMARTS) is 1. The summed E-state index contributed by atoms with van der Waals surface area (Å²) < 4.78 is 15.1. The molecule has 0 unspecified atom stereocenters. The molecule has 5 nitrogen and oxygen atoms in total. The van der Waals surface area contributed by atoms with Gasteiger partial charge in [-0.25, -0.2) is 9.18 Å². The van der Waals surface area contributed by atoms with Crippen molar-refractivity contribution >= 4 is 11.7 Å². The monoisotopic (exact) mass is 263 g/mol. The molecule has 0 amide bonds. The van der Waals surface area contributed by atoms with Crippen LogP contribution in [0.4, 0.5) is 10.1 Å². The van der Waals surface area contributed by atoms with E-state index >= 15 is 0 Å². The Labute approximate surface area is 109 Å². The van der Waals surface area contributed by atoms with Crippen molar-refractivity contribution in [3.63, 3.8) is 0 Å². The molecular weight excluding hydrogens is 249 g/mol. The third-order valence-electron chi connectivity index (χ3n) is 2.82. The van der Waals surface area contributed by atoms with Gasteiger partial charge < -0.3 is 10.0 Å². The van der Waals surface area contributed by atoms with E-state index in [0.717, 1.165) is 0 Å². The molecule has 1 aromatic carbocycles. The van der Waals surface area contributed by atoms with Crippen LogP contribution < -0.4 is 4.90 Å². The SMILES string of the molecule is CN(C)c1cc(-c2cc(C(=O)O)nn2C)ccc1F. The normalized spacial score (nSPS) is 10.5. The smallest absolute Gasteiger partial charge is 0.356 e. The van der Waals surface area contributed by atoms with Gasteiger partial charge in [0.05, 0.1) is 11.4 Å². The van der Waals surface area contributed by atoms with E-state index in [2.05, 4.69) is 5.10 Å². The molecule has 19 heavy (non-hydrogen) atoms. The highest BCUT2D eigenvalue weighted by Gasteiger charge is 2.14. The number of anilines is 1. The van der Waals surface area contributed by atoms with Crippen LogP contribution in [0.1, 0.15) is 10.5 Å². The molecule has 1 aromatic heterocycles. The van der Waals surface area contributed by atoms with E-state index in [0.29, 0.717) is 16.9 Å². The minimum atomic E-state index is -1.09. The van der Waals surface area contributed by atoms with Crippen LogP contribution >= 0.6 is 0 Å². The molecule has 0 saturated carbocycles. The van der Waals surface area contributed by atoms with Gasteiger partial charge >= 0.3 is 5.97 Å². The van der Waals surface area contributed by atoms with Gasteiger partial charge in [-0.05, 0) is 24.3 Å². The number of nitrogens with zero attached hydrogens (tertiary/aromatic N) is 3. The lowest BCUT2D eigenvalue weighted by Crippen LogP contribution is -2.10. The summed E-state index contributed by atoms with van der Waals surface area (Å²) in [5.41, 5.74) is 1.75. The first kappa shape index (κ1) is 13.1. The van der Waals surface area contributed by atoms with Crippen LogP contribution in [0.3, 0.4) is 0 Å². The van der Waals surface area contributed by atoms with E-state index < -0.39 is 5.97 Å². The average molecular weight is 263 g/mol. The third kappa shape index (κ3) is 2.42. The summed E-state index contributed by atoms with van der Waals surface area (Å²) >= 11 is 0. The molecule has 0 bridgehead atoms. The highest BCUT2D eigenvalue weighted by molar-refractivity contribution is 5.87. The second-order valence-electron chi connectivity index (χ2n) is 4.40. The van der Waals surface area contributed by atoms with E-state index in [4.69, 9.17) is 5.11 Å². The summed E-state index contributed by atoms with van der Waals surface area (Å²) in [6.45, 7) is 0. The van der Waals surface area contributed by atoms with Crippen molar-refractivity contribution in [2.75, 3.05) is 19.0 Å². The third-order valence-corrected chi connectivity index (χ3v) is 2.82. The molecule has 0 atom stereocenters. The second kappa shape index (κ2) is 4.72.